The maximum absolute atomic E-state index is 12.8. The fourth-order valence-corrected chi connectivity index (χ4v) is 2.83. The molecule has 0 atom stereocenters. The number of amides is 1. The van der Waals surface area contributed by atoms with E-state index >= 15 is 0 Å². The predicted molar refractivity (Wildman–Crippen MR) is 92.6 cm³/mol. The molecule has 0 saturated carbocycles. The molecule has 1 saturated heterocycles. The van der Waals surface area contributed by atoms with Gasteiger partial charge >= 0.3 is 0 Å². The number of halogens is 1. The maximum atomic E-state index is 12.8. The van der Waals surface area contributed by atoms with Gasteiger partial charge in [0.15, 0.2) is 0 Å². The Hall–Kier alpha value is -2.54. The van der Waals surface area contributed by atoms with Crippen molar-refractivity contribution in [2.75, 3.05) is 43.9 Å². The first-order valence-corrected chi connectivity index (χ1v) is 7.91. The van der Waals surface area contributed by atoms with Gasteiger partial charge < -0.3 is 20.3 Å². The predicted octanol–water partition coefficient (Wildman–Crippen LogP) is 1.68. The Kier molecular flexibility index (Phi) is 4.71. The summed E-state index contributed by atoms with van der Waals surface area (Å²) in [7, 11) is 1.51. The van der Waals surface area contributed by atoms with E-state index in [1.165, 1.54) is 7.11 Å². The number of nitrogens with zero attached hydrogens (tertiary/aromatic N) is 4. The number of benzene rings is 1. The highest BCUT2D eigenvalue weighted by Gasteiger charge is 2.25. The summed E-state index contributed by atoms with van der Waals surface area (Å²) < 4.78 is 5.27. The Labute approximate surface area is 145 Å². The molecule has 0 bridgehead atoms. The van der Waals surface area contributed by atoms with Gasteiger partial charge in [-0.3, -0.25) is 9.78 Å². The van der Waals surface area contributed by atoms with Crippen molar-refractivity contribution in [1.82, 2.24) is 14.9 Å². The summed E-state index contributed by atoms with van der Waals surface area (Å²) in [5.74, 6) is 1.13. The summed E-state index contributed by atoms with van der Waals surface area (Å²) in [5.41, 5.74) is 6.58. The van der Waals surface area contributed by atoms with Crippen LogP contribution in [0.4, 0.5) is 11.5 Å². The molecule has 1 aromatic heterocycles. The molecule has 0 spiro atoms. The van der Waals surface area contributed by atoms with Crippen LogP contribution in [0.1, 0.15) is 10.4 Å². The number of ether oxygens (including phenoxy) is 1. The lowest BCUT2D eigenvalue weighted by atomic mass is 10.1. The molecule has 1 fully saturated rings. The lowest BCUT2D eigenvalue weighted by Gasteiger charge is -2.35. The SMILES string of the molecule is COc1cc(N)c(Cl)cc1C(=O)N1CCN(c2cnccn2)CC1. The van der Waals surface area contributed by atoms with Crippen LogP contribution in [-0.2, 0) is 0 Å². The first-order chi connectivity index (χ1) is 11.6. The molecule has 2 heterocycles. The Morgan fingerprint density at radius 3 is 2.62 bits per heavy atom. The molecular weight excluding hydrogens is 330 g/mol. The second-order valence-electron chi connectivity index (χ2n) is 5.42. The van der Waals surface area contributed by atoms with Crippen LogP contribution >= 0.6 is 11.6 Å². The van der Waals surface area contributed by atoms with E-state index in [-0.39, 0.29) is 5.91 Å². The number of hydrogen-bond donors (Lipinski definition) is 1. The summed E-state index contributed by atoms with van der Waals surface area (Å²) >= 11 is 6.05. The summed E-state index contributed by atoms with van der Waals surface area (Å²) in [6, 6.07) is 3.14. The molecule has 0 radical (unpaired) electrons. The molecule has 1 amide bonds. The van der Waals surface area contributed by atoms with Gasteiger partial charge in [-0.2, -0.15) is 0 Å². The fourth-order valence-electron chi connectivity index (χ4n) is 2.67. The standard InChI is InChI=1S/C16H18ClN5O2/c1-24-14-9-13(18)12(17)8-11(14)16(23)22-6-4-21(5-7-22)15-10-19-2-3-20-15/h2-3,8-10H,4-7,18H2,1H3. The van der Waals surface area contributed by atoms with E-state index in [1.54, 1.807) is 35.6 Å². The molecule has 24 heavy (non-hydrogen) atoms. The molecule has 126 valence electrons. The minimum Gasteiger partial charge on any atom is -0.496 e. The highest BCUT2D eigenvalue weighted by molar-refractivity contribution is 6.33. The van der Waals surface area contributed by atoms with Crippen molar-refractivity contribution >= 4 is 29.0 Å². The molecule has 2 N–H and O–H groups in total. The van der Waals surface area contributed by atoms with Crippen LogP contribution in [0, 0.1) is 0 Å². The molecule has 2 aromatic rings. The minimum absolute atomic E-state index is 0.118. The van der Waals surface area contributed by atoms with Crippen LogP contribution in [-0.4, -0.2) is 54.1 Å². The number of aromatic nitrogens is 2. The monoisotopic (exact) mass is 347 g/mol. The second kappa shape index (κ2) is 6.92. The molecule has 0 unspecified atom stereocenters. The van der Waals surface area contributed by atoms with Crippen LogP contribution in [0.15, 0.2) is 30.7 Å². The van der Waals surface area contributed by atoms with Gasteiger partial charge in [-0.25, -0.2) is 4.98 Å². The van der Waals surface area contributed by atoms with Gasteiger partial charge in [0.25, 0.3) is 5.91 Å². The first kappa shape index (κ1) is 16.3. The average molecular weight is 348 g/mol. The van der Waals surface area contributed by atoms with Crippen molar-refractivity contribution in [3.05, 3.63) is 41.3 Å². The number of piperazine rings is 1. The van der Waals surface area contributed by atoms with E-state index in [4.69, 9.17) is 22.1 Å². The van der Waals surface area contributed by atoms with Gasteiger partial charge in [-0.1, -0.05) is 11.6 Å². The number of carbonyl (C=O) groups excluding carboxylic acids is 1. The third-order valence-corrected chi connectivity index (χ3v) is 4.32. The molecule has 8 heteroatoms. The Bertz CT molecular complexity index is 733. The van der Waals surface area contributed by atoms with Crippen molar-refractivity contribution in [2.24, 2.45) is 0 Å². The van der Waals surface area contributed by atoms with E-state index in [2.05, 4.69) is 14.9 Å². The Balaban J connectivity index is 1.73. The second-order valence-corrected chi connectivity index (χ2v) is 5.82. The zero-order chi connectivity index (χ0) is 17.1. The molecule has 0 aliphatic carbocycles. The molecule has 1 aliphatic rings. The lowest BCUT2D eigenvalue weighted by molar-refractivity contribution is 0.0743. The van der Waals surface area contributed by atoms with Gasteiger partial charge in [-0.05, 0) is 6.07 Å². The molecule has 7 nitrogen and oxygen atoms in total. The summed E-state index contributed by atoms with van der Waals surface area (Å²) in [6.45, 7) is 2.55. The number of methoxy groups -OCH3 is 1. The van der Waals surface area contributed by atoms with E-state index in [1.807, 2.05) is 0 Å². The molecule has 1 aliphatic heterocycles. The highest BCUT2D eigenvalue weighted by atomic mass is 35.5. The van der Waals surface area contributed by atoms with E-state index < -0.39 is 0 Å². The topological polar surface area (TPSA) is 84.6 Å². The van der Waals surface area contributed by atoms with E-state index in [9.17, 15) is 4.79 Å². The lowest BCUT2D eigenvalue weighted by Crippen LogP contribution is -2.49. The first-order valence-electron chi connectivity index (χ1n) is 7.53. The van der Waals surface area contributed by atoms with Gasteiger partial charge in [0.2, 0.25) is 0 Å². The van der Waals surface area contributed by atoms with E-state index in [0.717, 1.165) is 5.82 Å². The van der Waals surface area contributed by atoms with Gasteiger partial charge in [0.05, 0.1) is 29.6 Å². The fraction of sp³-hybridized carbons (Fsp3) is 0.312. The largest absolute Gasteiger partial charge is 0.496 e. The number of rotatable bonds is 3. The molecular formula is C16H18ClN5O2. The number of carbonyl (C=O) groups is 1. The highest BCUT2D eigenvalue weighted by Crippen LogP contribution is 2.30. The summed E-state index contributed by atoms with van der Waals surface area (Å²) in [4.78, 5) is 25.0. The summed E-state index contributed by atoms with van der Waals surface area (Å²) in [6.07, 6.45) is 5.02. The van der Waals surface area contributed by atoms with Crippen molar-refractivity contribution in [1.29, 1.82) is 0 Å². The van der Waals surface area contributed by atoms with E-state index in [0.29, 0.717) is 48.2 Å². The maximum Gasteiger partial charge on any atom is 0.257 e. The normalized spacial score (nSPS) is 14.6. The number of hydrogen-bond acceptors (Lipinski definition) is 6. The van der Waals surface area contributed by atoms with Crippen molar-refractivity contribution in [2.45, 2.75) is 0 Å². The zero-order valence-corrected chi connectivity index (χ0v) is 14.0. The zero-order valence-electron chi connectivity index (χ0n) is 13.3. The quantitative estimate of drug-likeness (QED) is 0.850. The third-order valence-electron chi connectivity index (χ3n) is 3.99. The Morgan fingerprint density at radius 1 is 1.25 bits per heavy atom. The van der Waals surface area contributed by atoms with Crippen LogP contribution in [0.25, 0.3) is 0 Å². The van der Waals surface area contributed by atoms with Crippen LogP contribution in [0.2, 0.25) is 5.02 Å². The minimum atomic E-state index is -0.118. The van der Waals surface area contributed by atoms with Crippen molar-refractivity contribution in [3.63, 3.8) is 0 Å². The van der Waals surface area contributed by atoms with Gasteiger partial charge in [0.1, 0.15) is 11.6 Å². The Morgan fingerprint density at radius 2 is 2.00 bits per heavy atom. The van der Waals surface area contributed by atoms with Crippen LogP contribution in [0.3, 0.4) is 0 Å². The molecule has 3 rings (SSSR count). The third kappa shape index (κ3) is 3.21. The number of nitrogen functional groups attached to an aromatic ring is 1. The summed E-state index contributed by atoms with van der Waals surface area (Å²) in [5, 5.41) is 0.345. The van der Waals surface area contributed by atoms with Gasteiger partial charge in [0, 0.05) is 44.6 Å². The molecule has 1 aromatic carbocycles. The van der Waals surface area contributed by atoms with Crippen LogP contribution in [0.5, 0.6) is 5.75 Å². The smallest absolute Gasteiger partial charge is 0.257 e. The van der Waals surface area contributed by atoms with Gasteiger partial charge in [-0.15, -0.1) is 0 Å². The van der Waals surface area contributed by atoms with Crippen molar-refractivity contribution < 1.29 is 9.53 Å². The average Bonchev–Trinajstić information content (AvgIpc) is 2.64. The van der Waals surface area contributed by atoms with Crippen molar-refractivity contribution in [3.8, 4) is 5.75 Å². The number of anilines is 2. The van der Waals surface area contributed by atoms with Crippen LogP contribution < -0.4 is 15.4 Å². The number of nitrogens with two attached hydrogens (primary N) is 1.